The molecule has 75 heavy (non-hydrogen) atoms. The van der Waals surface area contributed by atoms with Gasteiger partial charge >= 0.3 is 0 Å². The Hall–Kier alpha value is -3.90. The average Bonchev–Trinajstić information content (AvgIpc) is 3.34. The average molecular weight is 1050 g/mol. The van der Waals surface area contributed by atoms with Gasteiger partial charge in [0.2, 0.25) is 0 Å². The molecule has 0 heterocycles. The first-order valence-corrected chi connectivity index (χ1v) is 29.4. The molecule has 0 amide bonds. The smallest absolute Gasteiger partial charge is 0.0411 e. The molecule has 5 rings (SSSR count). The molecule has 0 saturated heterocycles. The van der Waals surface area contributed by atoms with Crippen LogP contribution in [0.15, 0.2) is 182 Å². The Bertz CT molecular complexity index is 951. The number of benzene rings is 5. The third-order valence-electron chi connectivity index (χ3n) is 3.33. The van der Waals surface area contributed by atoms with E-state index in [0.717, 1.165) is 0 Å². The van der Waals surface area contributed by atoms with Gasteiger partial charge in [0.25, 0.3) is 0 Å². The monoisotopic (exact) mass is 1050 g/mol. The normalized spacial score (nSPS) is 8.72. The van der Waals surface area contributed by atoms with Gasteiger partial charge in [-0.05, 0) is 32.5 Å². The van der Waals surface area contributed by atoms with E-state index in [-0.39, 0.29) is 0 Å². The molecule has 0 unspecified atom stereocenters. The Morgan fingerprint density at radius 3 is 0.160 bits per heavy atom. The van der Waals surface area contributed by atoms with Crippen molar-refractivity contribution in [3.63, 3.8) is 0 Å². The predicted octanol–water partition coefficient (Wildman–Crippen LogP) is 28.3. The highest BCUT2D eigenvalue weighted by Gasteiger charge is 1.98. The van der Waals surface area contributed by atoms with Gasteiger partial charge in [-0.2, -0.15) is 0 Å². The first-order chi connectivity index (χ1) is 34.4. The van der Waals surface area contributed by atoms with Gasteiger partial charge in [-0.1, -0.05) is 452 Å². The Morgan fingerprint density at radius 2 is 0.147 bits per heavy atom. The van der Waals surface area contributed by atoms with Gasteiger partial charge in [-0.25, -0.2) is 0 Å². The van der Waals surface area contributed by atoms with E-state index in [9.17, 15) is 0 Å². The molecule has 5 aromatic carbocycles. The van der Waals surface area contributed by atoms with E-state index in [0.29, 0.717) is 32.5 Å². The van der Waals surface area contributed by atoms with Gasteiger partial charge in [0.15, 0.2) is 0 Å². The van der Waals surface area contributed by atoms with Gasteiger partial charge < -0.3 is 0 Å². The van der Waals surface area contributed by atoms with Gasteiger partial charge in [-0.3, -0.25) is 0 Å². The molecule has 0 atom stereocenters. The van der Waals surface area contributed by atoms with Gasteiger partial charge in [-0.15, -0.1) is 0 Å². The zero-order valence-corrected chi connectivity index (χ0v) is 59.0. The van der Waals surface area contributed by atoms with Crippen LogP contribution in [-0.4, -0.2) is 0 Å². The first kappa shape index (κ1) is 104. The predicted molar refractivity (Wildman–Crippen MR) is 367 cm³/mol. The lowest BCUT2D eigenvalue weighted by atomic mass is 10.0. The Balaban J connectivity index is -0.0000000500. The summed E-state index contributed by atoms with van der Waals surface area (Å²) in [5, 5.41) is 0. The lowest BCUT2D eigenvalue weighted by molar-refractivity contribution is 0.469. The molecule has 0 aliphatic carbocycles. The topological polar surface area (TPSA) is 0 Å². The lowest BCUT2D eigenvalue weighted by Gasteiger charge is -2.05. The van der Waals surface area contributed by atoms with E-state index < -0.39 is 0 Å². The fourth-order valence-electron chi connectivity index (χ4n) is 1.92. The first-order valence-electron chi connectivity index (χ1n) is 29.4. The van der Waals surface area contributed by atoms with Crippen molar-refractivity contribution in [1.82, 2.24) is 0 Å². The summed E-state index contributed by atoms with van der Waals surface area (Å²) in [7, 11) is 0. The van der Waals surface area contributed by atoms with Crippen molar-refractivity contribution in [2.75, 3.05) is 0 Å². The van der Waals surface area contributed by atoms with E-state index in [1.165, 1.54) is 6.42 Å². The maximum Gasteiger partial charge on any atom is -0.0411 e. The standard InChI is InChI=1S/5C6H6.6C5H12.C3H8.6C2H6/c5*1-2-4-6-5-3-1;6*1-5(2,3)4;1-3-2;6*1-2/h5*1-6H;6*1-4H3;3H2,1-2H3;6*1-2H3. The van der Waals surface area contributed by atoms with E-state index in [4.69, 9.17) is 0 Å². The van der Waals surface area contributed by atoms with Crippen LogP contribution in [0.25, 0.3) is 0 Å². The van der Waals surface area contributed by atoms with Crippen LogP contribution in [0.3, 0.4) is 0 Å². The molecular weight excluding hydrogens is 901 g/mol. The summed E-state index contributed by atoms with van der Waals surface area (Å²) in [6.45, 7) is 80.8. The van der Waals surface area contributed by atoms with Crippen LogP contribution < -0.4 is 0 Å². The maximum absolute atomic E-state index is 2.19. The van der Waals surface area contributed by atoms with Gasteiger partial charge in [0.1, 0.15) is 0 Å². The van der Waals surface area contributed by atoms with Crippen LogP contribution in [0.5, 0.6) is 0 Å². The Morgan fingerprint density at radius 1 is 0.133 bits per heavy atom. The molecule has 5 aromatic rings. The minimum absolute atomic E-state index is 0.500. The highest BCUT2D eigenvalue weighted by molar-refractivity contribution is 5.01. The molecule has 0 aromatic heterocycles. The Labute approximate surface area is 481 Å². The van der Waals surface area contributed by atoms with E-state index in [2.05, 4.69) is 180 Å². The number of rotatable bonds is 0. The fourth-order valence-corrected chi connectivity index (χ4v) is 1.92. The summed E-state index contributed by atoms with van der Waals surface area (Å²) < 4.78 is 0. The molecule has 0 nitrogen and oxygen atoms in total. The third-order valence-corrected chi connectivity index (χ3v) is 3.33. The van der Waals surface area contributed by atoms with Gasteiger partial charge in [0.05, 0.1) is 0 Å². The van der Waals surface area contributed by atoms with Crippen LogP contribution in [0, 0.1) is 32.5 Å². The Kier molecular flexibility index (Phi) is 116. The van der Waals surface area contributed by atoms with Crippen molar-refractivity contribution in [2.45, 2.75) is 270 Å². The minimum Gasteiger partial charge on any atom is -0.0683 e. The second-order valence-corrected chi connectivity index (χ2v) is 24.5. The van der Waals surface area contributed by atoms with E-state index in [1.807, 2.05) is 265 Å². The number of hydrogen-bond acceptors (Lipinski definition) is 0. The minimum atomic E-state index is 0.500. The molecular formula is C75H146. The van der Waals surface area contributed by atoms with E-state index >= 15 is 0 Å². The van der Waals surface area contributed by atoms with Gasteiger partial charge in [0, 0.05) is 0 Å². The summed E-state index contributed by atoms with van der Waals surface area (Å²) in [5.74, 6) is 0. The van der Waals surface area contributed by atoms with Crippen molar-refractivity contribution < 1.29 is 0 Å². The molecule has 0 radical (unpaired) electrons. The molecule has 0 spiro atoms. The molecule has 446 valence electrons. The largest absolute Gasteiger partial charge is 0.0683 e. The zero-order valence-electron chi connectivity index (χ0n) is 59.0. The zero-order chi connectivity index (χ0) is 62.9. The number of hydrogen-bond donors (Lipinski definition) is 0. The van der Waals surface area contributed by atoms with Crippen molar-refractivity contribution >= 4 is 0 Å². The second-order valence-electron chi connectivity index (χ2n) is 24.5. The van der Waals surface area contributed by atoms with Crippen LogP contribution in [0.4, 0.5) is 0 Å². The molecule has 0 bridgehead atoms. The summed E-state index contributed by atoms with van der Waals surface area (Å²) in [6, 6.07) is 60.0. The highest BCUT2D eigenvalue weighted by atomic mass is 14.0. The van der Waals surface area contributed by atoms with Crippen molar-refractivity contribution in [2.24, 2.45) is 32.5 Å². The van der Waals surface area contributed by atoms with Crippen LogP contribution in [0.1, 0.15) is 270 Å². The van der Waals surface area contributed by atoms with E-state index in [1.54, 1.807) is 0 Å². The molecule has 0 saturated carbocycles. The van der Waals surface area contributed by atoms with Crippen molar-refractivity contribution in [3.8, 4) is 0 Å². The maximum atomic E-state index is 2.19. The summed E-state index contributed by atoms with van der Waals surface area (Å²) in [5.41, 5.74) is 3.00. The third kappa shape index (κ3) is 477. The molecule has 0 aliphatic rings. The summed E-state index contributed by atoms with van der Waals surface area (Å²) in [4.78, 5) is 0. The lowest BCUT2D eigenvalue weighted by Crippen LogP contribution is -1.93. The quantitative estimate of drug-likeness (QED) is 0.145. The SMILES string of the molecule is CC.CC.CC.CC.CC.CC.CC(C)(C)C.CC(C)(C)C.CC(C)(C)C.CC(C)(C)C.CC(C)(C)C.CC(C)(C)C.CCC.c1ccccc1.c1ccccc1.c1ccccc1.c1ccccc1.c1ccccc1. The van der Waals surface area contributed by atoms with Crippen LogP contribution in [0.2, 0.25) is 0 Å². The van der Waals surface area contributed by atoms with Crippen molar-refractivity contribution in [1.29, 1.82) is 0 Å². The highest BCUT2D eigenvalue weighted by Crippen LogP contribution is 2.10. The molecule has 0 heteroatoms. The summed E-state index contributed by atoms with van der Waals surface area (Å²) in [6.07, 6.45) is 1.25. The molecule has 0 fully saturated rings. The fraction of sp³-hybridized carbons (Fsp3) is 0.600. The van der Waals surface area contributed by atoms with Crippen LogP contribution >= 0.6 is 0 Å². The molecule has 0 aliphatic heterocycles. The van der Waals surface area contributed by atoms with Crippen LogP contribution in [-0.2, 0) is 0 Å². The summed E-state index contributed by atoms with van der Waals surface area (Å²) >= 11 is 0. The van der Waals surface area contributed by atoms with Crippen molar-refractivity contribution in [3.05, 3.63) is 182 Å². The second kappa shape index (κ2) is 84.1. The molecule has 0 N–H and O–H groups in total.